The number of hydrogen-bond donors (Lipinski definition) is 1. The average Bonchev–Trinajstić information content (AvgIpc) is 2.70. The van der Waals surface area contributed by atoms with E-state index in [-0.39, 0.29) is 12.5 Å². The second kappa shape index (κ2) is 9.89. The van der Waals surface area contributed by atoms with E-state index in [4.69, 9.17) is 9.47 Å². The van der Waals surface area contributed by atoms with Crippen LogP contribution in [0.25, 0.3) is 0 Å². The highest BCUT2D eigenvalue weighted by Crippen LogP contribution is 2.20. The van der Waals surface area contributed by atoms with Crippen LogP contribution in [0.3, 0.4) is 0 Å². The van der Waals surface area contributed by atoms with Crippen LogP contribution in [-0.2, 0) is 14.3 Å². The summed E-state index contributed by atoms with van der Waals surface area (Å²) in [4.78, 5) is 37.9. The molecule has 0 saturated heterocycles. The fourth-order valence-corrected chi connectivity index (χ4v) is 2.53. The number of ether oxygens (including phenoxy) is 2. The summed E-state index contributed by atoms with van der Waals surface area (Å²) in [6, 6.07) is 12.4. The molecule has 2 aromatic rings. The van der Waals surface area contributed by atoms with E-state index in [0.717, 1.165) is 4.47 Å². The van der Waals surface area contributed by atoms with E-state index in [9.17, 15) is 14.4 Å². The summed E-state index contributed by atoms with van der Waals surface area (Å²) in [5.74, 6) is -0.876. The molecule has 0 fully saturated rings. The number of carbonyl (C=O) groups excluding carboxylic acids is 3. The molecule has 0 aliphatic carbocycles. The number of benzene rings is 2. The van der Waals surface area contributed by atoms with Crippen molar-refractivity contribution in [3.63, 3.8) is 0 Å². The number of nitrogens with zero attached hydrogens (tertiary/aromatic N) is 1. The third kappa shape index (κ3) is 5.82. The fraction of sp³-hybridized carbons (Fsp3) is 0.250. The van der Waals surface area contributed by atoms with E-state index in [2.05, 4.69) is 21.2 Å². The van der Waals surface area contributed by atoms with Crippen LogP contribution in [-0.4, -0.2) is 50.5 Å². The molecule has 1 atom stereocenters. The Kier molecular flexibility index (Phi) is 7.57. The lowest BCUT2D eigenvalue weighted by atomic mass is 10.1. The Morgan fingerprint density at radius 3 is 2.39 bits per heavy atom. The number of likely N-dealkylation sites (N-methyl/N-ethyl adjacent to an activating group) is 1. The lowest BCUT2D eigenvalue weighted by Gasteiger charge is -2.17. The number of methoxy groups -OCH3 is 1. The van der Waals surface area contributed by atoms with Crippen molar-refractivity contribution < 1.29 is 23.9 Å². The minimum absolute atomic E-state index is 0.137. The summed E-state index contributed by atoms with van der Waals surface area (Å²) in [5.41, 5.74) is 0.883. The Hall–Kier alpha value is -2.87. The molecule has 2 amide bonds. The summed E-state index contributed by atoms with van der Waals surface area (Å²) >= 11 is 3.33. The van der Waals surface area contributed by atoms with Gasteiger partial charge in [0.2, 0.25) is 0 Å². The maximum atomic E-state index is 12.7. The molecule has 0 spiro atoms. The van der Waals surface area contributed by atoms with Gasteiger partial charge >= 0.3 is 5.97 Å². The van der Waals surface area contributed by atoms with Crippen molar-refractivity contribution in [3.8, 4) is 5.75 Å². The van der Waals surface area contributed by atoms with Crippen LogP contribution in [0.2, 0.25) is 0 Å². The molecule has 1 N–H and O–H groups in total. The molecule has 28 heavy (non-hydrogen) atoms. The molecule has 8 heteroatoms. The number of halogens is 1. The van der Waals surface area contributed by atoms with Crippen molar-refractivity contribution in [2.45, 2.75) is 6.04 Å². The molecule has 0 radical (unpaired) electrons. The first-order valence-corrected chi connectivity index (χ1v) is 9.18. The molecule has 0 aliphatic heterocycles. The highest BCUT2D eigenvalue weighted by Gasteiger charge is 2.24. The van der Waals surface area contributed by atoms with Crippen LogP contribution < -0.4 is 10.1 Å². The second-order valence-electron chi connectivity index (χ2n) is 6.09. The van der Waals surface area contributed by atoms with Gasteiger partial charge in [-0.1, -0.05) is 34.1 Å². The SMILES string of the molecule is COC(=O)C(NC(=O)c1cccc(OCC(=O)N(C)C)c1)c1ccc(Br)cc1. The largest absolute Gasteiger partial charge is 0.484 e. The van der Waals surface area contributed by atoms with Crippen LogP contribution in [0.1, 0.15) is 22.0 Å². The summed E-state index contributed by atoms with van der Waals surface area (Å²) in [7, 11) is 4.52. The van der Waals surface area contributed by atoms with Gasteiger partial charge in [0.15, 0.2) is 12.6 Å². The van der Waals surface area contributed by atoms with E-state index in [0.29, 0.717) is 16.9 Å². The van der Waals surface area contributed by atoms with Crippen molar-refractivity contribution in [1.82, 2.24) is 10.2 Å². The Balaban J connectivity index is 2.14. The van der Waals surface area contributed by atoms with Crippen molar-refractivity contribution in [2.75, 3.05) is 27.8 Å². The van der Waals surface area contributed by atoms with Gasteiger partial charge in [-0.15, -0.1) is 0 Å². The van der Waals surface area contributed by atoms with Crippen LogP contribution in [0, 0.1) is 0 Å². The highest BCUT2D eigenvalue weighted by atomic mass is 79.9. The van der Waals surface area contributed by atoms with Crippen molar-refractivity contribution in [3.05, 3.63) is 64.1 Å². The van der Waals surface area contributed by atoms with Crippen LogP contribution in [0.5, 0.6) is 5.75 Å². The molecule has 0 heterocycles. The Morgan fingerprint density at radius 2 is 1.79 bits per heavy atom. The molecule has 1 unspecified atom stereocenters. The maximum Gasteiger partial charge on any atom is 0.333 e. The van der Waals surface area contributed by atoms with Gasteiger partial charge in [0.25, 0.3) is 11.8 Å². The topological polar surface area (TPSA) is 84.9 Å². The first-order valence-electron chi connectivity index (χ1n) is 8.39. The Morgan fingerprint density at radius 1 is 1.11 bits per heavy atom. The zero-order chi connectivity index (χ0) is 20.7. The standard InChI is InChI=1S/C20H21BrN2O5/c1-23(2)17(24)12-28-16-6-4-5-14(11-16)19(25)22-18(20(26)27-3)13-7-9-15(21)10-8-13/h4-11,18H,12H2,1-3H3,(H,22,25). The van der Waals surface area contributed by atoms with E-state index in [1.165, 1.54) is 18.1 Å². The van der Waals surface area contributed by atoms with E-state index in [1.54, 1.807) is 56.6 Å². The molecular formula is C20H21BrN2O5. The Labute approximate surface area is 171 Å². The maximum absolute atomic E-state index is 12.7. The molecule has 2 aromatic carbocycles. The van der Waals surface area contributed by atoms with Gasteiger partial charge in [0.1, 0.15) is 5.75 Å². The molecule has 0 bridgehead atoms. The summed E-state index contributed by atoms with van der Waals surface area (Å²) in [5, 5.41) is 2.67. The lowest BCUT2D eigenvalue weighted by molar-refractivity contribution is -0.143. The quantitative estimate of drug-likeness (QED) is 0.657. The number of nitrogens with one attached hydrogen (secondary N) is 1. The minimum atomic E-state index is -0.953. The van der Waals surface area contributed by atoms with Crippen molar-refractivity contribution in [2.24, 2.45) is 0 Å². The first-order chi connectivity index (χ1) is 13.3. The van der Waals surface area contributed by atoms with Gasteiger partial charge in [0.05, 0.1) is 7.11 Å². The highest BCUT2D eigenvalue weighted by molar-refractivity contribution is 9.10. The van der Waals surface area contributed by atoms with Gasteiger partial charge in [0, 0.05) is 24.1 Å². The number of esters is 1. The van der Waals surface area contributed by atoms with E-state index >= 15 is 0 Å². The fourth-order valence-electron chi connectivity index (χ4n) is 2.27. The monoisotopic (exact) mass is 448 g/mol. The number of amides is 2. The van der Waals surface area contributed by atoms with Crippen LogP contribution in [0.4, 0.5) is 0 Å². The molecule has 7 nitrogen and oxygen atoms in total. The van der Waals surface area contributed by atoms with Gasteiger partial charge in [-0.25, -0.2) is 4.79 Å². The van der Waals surface area contributed by atoms with E-state index < -0.39 is 17.9 Å². The first kappa shape index (κ1) is 21.4. The molecule has 148 valence electrons. The minimum Gasteiger partial charge on any atom is -0.484 e. The van der Waals surface area contributed by atoms with Crippen molar-refractivity contribution >= 4 is 33.7 Å². The summed E-state index contributed by atoms with van der Waals surface area (Å²) in [6.45, 7) is -0.137. The predicted molar refractivity (Wildman–Crippen MR) is 107 cm³/mol. The number of hydrogen-bond acceptors (Lipinski definition) is 5. The molecule has 0 aliphatic rings. The Bertz CT molecular complexity index is 852. The third-order valence-corrected chi connectivity index (χ3v) is 4.40. The van der Waals surface area contributed by atoms with Crippen molar-refractivity contribution in [1.29, 1.82) is 0 Å². The van der Waals surface area contributed by atoms with Gasteiger partial charge < -0.3 is 19.7 Å². The van der Waals surface area contributed by atoms with Gasteiger partial charge in [-0.05, 0) is 35.9 Å². The number of carbonyl (C=O) groups is 3. The average molecular weight is 449 g/mol. The zero-order valence-corrected chi connectivity index (χ0v) is 17.4. The smallest absolute Gasteiger partial charge is 0.333 e. The summed E-state index contributed by atoms with van der Waals surface area (Å²) < 4.78 is 11.1. The predicted octanol–water partition coefficient (Wildman–Crippen LogP) is 2.56. The van der Waals surface area contributed by atoms with E-state index in [1.807, 2.05) is 0 Å². The zero-order valence-electron chi connectivity index (χ0n) is 15.8. The van der Waals surface area contributed by atoms with Crippen LogP contribution >= 0.6 is 15.9 Å². The molecule has 2 rings (SSSR count). The summed E-state index contributed by atoms with van der Waals surface area (Å²) in [6.07, 6.45) is 0. The second-order valence-corrected chi connectivity index (χ2v) is 7.00. The normalized spacial score (nSPS) is 11.3. The lowest BCUT2D eigenvalue weighted by Crippen LogP contribution is -2.34. The molecule has 0 aromatic heterocycles. The van der Waals surface area contributed by atoms with Crippen LogP contribution in [0.15, 0.2) is 53.0 Å². The molecule has 0 saturated carbocycles. The van der Waals surface area contributed by atoms with Gasteiger partial charge in [-0.2, -0.15) is 0 Å². The molecular weight excluding hydrogens is 428 g/mol. The van der Waals surface area contributed by atoms with Gasteiger partial charge in [-0.3, -0.25) is 9.59 Å². The number of rotatable bonds is 7. The third-order valence-electron chi connectivity index (χ3n) is 3.87.